The van der Waals surface area contributed by atoms with E-state index in [4.69, 9.17) is 9.47 Å². The highest BCUT2D eigenvalue weighted by Crippen LogP contribution is 2.27. The molecule has 0 aliphatic heterocycles. The predicted octanol–water partition coefficient (Wildman–Crippen LogP) is 4.70. The molecule has 158 valence electrons. The number of carbonyl (C=O) groups is 1. The number of ether oxygens (including phenoxy) is 2. The van der Waals surface area contributed by atoms with Crippen molar-refractivity contribution in [3.63, 3.8) is 0 Å². The van der Waals surface area contributed by atoms with Crippen molar-refractivity contribution < 1.29 is 14.3 Å². The number of nitrogens with zero attached hydrogens (tertiary/aromatic N) is 1. The Balaban J connectivity index is 1.66. The number of fused-ring (bicyclic) bond motifs is 1. The van der Waals surface area contributed by atoms with Gasteiger partial charge in [0.05, 0.1) is 14.2 Å². The van der Waals surface area contributed by atoms with E-state index in [1.54, 1.807) is 7.11 Å². The maximum Gasteiger partial charge on any atom is 0.327 e. The Kier molecular flexibility index (Phi) is 6.34. The molecule has 3 aromatic carbocycles. The molecule has 0 bridgehead atoms. The van der Waals surface area contributed by atoms with Crippen molar-refractivity contribution in [2.45, 2.75) is 19.1 Å². The molecule has 0 aliphatic rings. The van der Waals surface area contributed by atoms with E-state index < -0.39 is 6.04 Å². The minimum atomic E-state index is -0.538. The van der Waals surface area contributed by atoms with Gasteiger partial charge in [0.2, 0.25) is 0 Å². The van der Waals surface area contributed by atoms with Gasteiger partial charge >= 0.3 is 5.97 Å². The molecule has 0 amide bonds. The topological polar surface area (TPSA) is 52.5 Å². The first-order valence-corrected chi connectivity index (χ1v) is 10.3. The van der Waals surface area contributed by atoms with Gasteiger partial charge in [-0.3, -0.25) is 5.32 Å². The number of aromatic nitrogens is 1. The van der Waals surface area contributed by atoms with Crippen LogP contribution in [0.5, 0.6) is 5.75 Å². The molecular formula is C26H26N2O3. The van der Waals surface area contributed by atoms with E-state index in [9.17, 15) is 4.79 Å². The first kappa shape index (κ1) is 20.7. The van der Waals surface area contributed by atoms with Crippen LogP contribution in [0.2, 0.25) is 0 Å². The van der Waals surface area contributed by atoms with Crippen molar-refractivity contribution >= 4 is 16.9 Å². The highest BCUT2D eigenvalue weighted by Gasteiger charge is 2.21. The number of benzene rings is 3. The summed E-state index contributed by atoms with van der Waals surface area (Å²) >= 11 is 0. The Labute approximate surface area is 182 Å². The van der Waals surface area contributed by atoms with Crippen LogP contribution in [0.15, 0.2) is 85.1 Å². The number of carbonyl (C=O) groups excluding carboxylic acids is 1. The van der Waals surface area contributed by atoms with E-state index >= 15 is 0 Å². The van der Waals surface area contributed by atoms with Gasteiger partial charge in [0.15, 0.2) is 0 Å². The zero-order valence-electron chi connectivity index (χ0n) is 17.7. The predicted molar refractivity (Wildman–Crippen MR) is 122 cm³/mol. The first-order chi connectivity index (χ1) is 15.2. The summed E-state index contributed by atoms with van der Waals surface area (Å²) in [5, 5.41) is 4.48. The zero-order chi connectivity index (χ0) is 21.6. The molecule has 0 fully saturated rings. The normalized spacial score (nSPS) is 11.9. The molecule has 0 unspecified atom stereocenters. The maximum atomic E-state index is 12.4. The van der Waals surface area contributed by atoms with Crippen molar-refractivity contribution in [2.75, 3.05) is 14.2 Å². The molecule has 5 heteroatoms. The van der Waals surface area contributed by atoms with Gasteiger partial charge in [0.25, 0.3) is 0 Å². The standard InChI is InChI=1S/C26H26N2O3/c1-30-22-13-14-24-23(15-22)21(18-28(24)17-19-9-5-3-6-10-19)16-27-25(26(29)31-2)20-11-7-4-8-12-20/h3-15,18,25,27H,16-17H2,1-2H3/t25-/m1/s1. The third kappa shape index (κ3) is 4.62. The van der Waals surface area contributed by atoms with E-state index in [1.807, 2.05) is 60.7 Å². The Morgan fingerprint density at radius 1 is 0.968 bits per heavy atom. The van der Waals surface area contributed by atoms with Crippen molar-refractivity contribution in [3.8, 4) is 5.75 Å². The fraction of sp³-hybridized carbons (Fsp3) is 0.192. The van der Waals surface area contributed by atoms with E-state index in [1.165, 1.54) is 12.7 Å². The lowest BCUT2D eigenvalue weighted by Crippen LogP contribution is -2.29. The number of nitrogens with one attached hydrogen (secondary N) is 1. The number of methoxy groups -OCH3 is 2. The summed E-state index contributed by atoms with van der Waals surface area (Å²) in [6.07, 6.45) is 2.14. The van der Waals surface area contributed by atoms with Gasteiger partial charge in [0, 0.05) is 30.2 Å². The summed E-state index contributed by atoms with van der Waals surface area (Å²) in [5.41, 5.74) is 4.32. The van der Waals surface area contributed by atoms with Crippen molar-refractivity contribution in [1.82, 2.24) is 9.88 Å². The minimum absolute atomic E-state index is 0.309. The summed E-state index contributed by atoms with van der Waals surface area (Å²) in [7, 11) is 3.08. The van der Waals surface area contributed by atoms with Crippen LogP contribution in [0.3, 0.4) is 0 Å². The van der Waals surface area contributed by atoms with Crippen LogP contribution >= 0.6 is 0 Å². The van der Waals surface area contributed by atoms with Crippen LogP contribution in [0, 0.1) is 0 Å². The molecule has 0 spiro atoms. The molecule has 5 nitrogen and oxygen atoms in total. The minimum Gasteiger partial charge on any atom is -0.497 e. The lowest BCUT2D eigenvalue weighted by Gasteiger charge is -2.16. The quantitative estimate of drug-likeness (QED) is 0.425. The molecule has 0 saturated carbocycles. The van der Waals surface area contributed by atoms with Gasteiger partial charge in [-0.15, -0.1) is 0 Å². The summed E-state index contributed by atoms with van der Waals surface area (Å²) in [6, 6.07) is 25.5. The Hall–Kier alpha value is -3.57. The van der Waals surface area contributed by atoms with Crippen molar-refractivity contribution in [3.05, 3.63) is 102 Å². The molecule has 4 aromatic rings. The summed E-state index contributed by atoms with van der Waals surface area (Å²) < 4.78 is 12.7. The number of rotatable bonds is 8. The Morgan fingerprint density at radius 3 is 2.35 bits per heavy atom. The second-order valence-electron chi connectivity index (χ2n) is 7.40. The molecular weight excluding hydrogens is 388 g/mol. The molecule has 0 radical (unpaired) electrons. The van der Waals surface area contributed by atoms with Crippen LogP contribution in [-0.2, 0) is 22.6 Å². The molecule has 1 atom stereocenters. The highest BCUT2D eigenvalue weighted by molar-refractivity contribution is 5.85. The van der Waals surface area contributed by atoms with Crippen LogP contribution in [0.4, 0.5) is 0 Å². The summed E-state index contributed by atoms with van der Waals surface area (Å²) in [4.78, 5) is 12.4. The number of hydrogen-bond donors (Lipinski definition) is 1. The molecule has 1 N–H and O–H groups in total. The molecule has 1 aromatic heterocycles. The molecule has 31 heavy (non-hydrogen) atoms. The monoisotopic (exact) mass is 414 g/mol. The van der Waals surface area contributed by atoms with E-state index in [2.05, 4.69) is 34.3 Å². The Morgan fingerprint density at radius 2 is 1.68 bits per heavy atom. The van der Waals surface area contributed by atoms with Gasteiger partial charge in [-0.1, -0.05) is 60.7 Å². The second-order valence-corrected chi connectivity index (χ2v) is 7.40. The fourth-order valence-electron chi connectivity index (χ4n) is 3.84. The molecule has 4 rings (SSSR count). The molecule has 1 heterocycles. The van der Waals surface area contributed by atoms with Gasteiger partial charge < -0.3 is 14.0 Å². The van der Waals surface area contributed by atoms with Gasteiger partial charge in [-0.2, -0.15) is 0 Å². The zero-order valence-corrected chi connectivity index (χ0v) is 17.7. The average Bonchev–Trinajstić information content (AvgIpc) is 3.16. The lowest BCUT2D eigenvalue weighted by molar-refractivity contribution is -0.143. The lowest BCUT2D eigenvalue weighted by atomic mass is 10.1. The van der Waals surface area contributed by atoms with E-state index in [0.717, 1.165) is 34.3 Å². The van der Waals surface area contributed by atoms with Gasteiger partial charge in [0.1, 0.15) is 11.8 Å². The summed E-state index contributed by atoms with van der Waals surface area (Å²) in [6.45, 7) is 1.28. The number of esters is 1. The first-order valence-electron chi connectivity index (χ1n) is 10.3. The summed E-state index contributed by atoms with van der Waals surface area (Å²) in [5.74, 6) is 0.496. The second kappa shape index (κ2) is 9.49. The van der Waals surface area contributed by atoms with Crippen LogP contribution in [0.1, 0.15) is 22.7 Å². The van der Waals surface area contributed by atoms with Crippen LogP contribution in [-0.4, -0.2) is 24.8 Å². The van der Waals surface area contributed by atoms with Crippen molar-refractivity contribution in [2.24, 2.45) is 0 Å². The average molecular weight is 415 g/mol. The fourth-order valence-corrected chi connectivity index (χ4v) is 3.84. The molecule has 0 aliphatic carbocycles. The molecule has 0 saturated heterocycles. The maximum absolute atomic E-state index is 12.4. The van der Waals surface area contributed by atoms with E-state index in [-0.39, 0.29) is 5.97 Å². The largest absolute Gasteiger partial charge is 0.497 e. The van der Waals surface area contributed by atoms with Crippen LogP contribution < -0.4 is 10.1 Å². The third-order valence-corrected chi connectivity index (χ3v) is 5.43. The Bertz CT molecular complexity index is 1150. The van der Waals surface area contributed by atoms with Gasteiger partial charge in [-0.05, 0) is 34.9 Å². The van der Waals surface area contributed by atoms with Crippen molar-refractivity contribution in [1.29, 1.82) is 0 Å². The van der Waals surface area contributed by atoms with E-state index in [0.29, 0.717) is 6.54 Å². The SMILES string of the molecule is COC(=O)[C@H](NCc1cn(Cc2ccccc2)c2ccc(OC)cc12)c1ccccc1. The van der Waals surface area contributed by atoms with Gasteiger partial charge in [-0.25, -0.2) is 4.79 Å². The highest BCUT2D eigenvalue weighted by atomic mass is 16.5. The number of hydrogen-bond acceptors (Lipinski definition) is 4. The third-order valence-electron chi connectivity index (χ3n) is 5.43. The smallest absolute Gasteiger partial charge is 0.327 e. The van der Waals surface area contributed by atoms with Crippen LogP contribution in [0.25, 0.3) is 10.9 Å².